The summed E-state index contributed by atoms with van der Waals surface area (Å²) in [6, 6.07) is 5.23. The Labute approximate surface area is 139 Å². The third-order valence-corrected chi connectivity index (χ3v) is 3.76. The number of aliphatic hydroxyl groups is 3. The van der Waals surface area contributed by atoms with Gasteiger partial charge in [0.25, 0.3) is 0 Å². The van der Waals surface area contributed by atoms with Crippen LogP contribution in [0, 0.1) is 0 Å². The highest BCUT2D eigenvalue weighted by Gasteiger charge is 2.46. The van der Waals surface area contributed by atoms with Gasteiger partial charge in [0.05, 0.1) is 6.61 Å². The Morgan fingerprint density at radius 2 is 1.79 bits per heavy atom. The van der Waals surface area contributed by atoms with Crippen LogP contribution in [0.5, 0.6) is 5.75 Å². The first-order valence-corrected chi connectivity index (χ1v) is 7.50. The van der Waals surface area contributed by atoms with Crippen molar-refractivity contribution in [2.75, 3.05) is 6.61 Å². The molecule has 0 spiro atoms. The fourth-order valence-corrected chi connectivity index (χ4v) is 2.47. The lowest BCUT2D eigenvalue weighted by Gasteiger charge is -2.42. The van der Waals surface area contributed by atoms with E-state index >= 15 is 0 Å². The first-order valence-electron chi connectivity index (χ1n) is 7.50. The summed E-state index contributed by atoms with van der Waals surface area (Å²) in [4.78, 5) is 22.6. The van der Waals surface area contributed by atoms with Crippen LogP contribution in [0.4, 0.5) is 0 Å². The highest BCUT2D eigenvalue weighted by atomic mass is 16.7. The van der Waals surface area contributed by atoms with Crippen LogP contribution in [0.25, 0.3) is 0 Å². The van der Waals surface area contributed by atoms with Gasteiger partial charge < -0.3 is 30.1 Å². The molecule has 8 heteroatoms. The third-order valence-electron chi connectivity index (χ3n) is 3.76. The van der Waals surface area contributed by atoms with E-state index < -0.39 is 43.2 Å². The Balaban J connectivity index is 2.19. The molecule has 0 unspecified atom stereocenters. The molecule has 1 aromatic rings. The zero-order valence-corrected chi connectivity index (χ0v) is 13.4. The van der Waals surface area contributed by atoms with Gasteiger partial charge in [0.2, 0.25) is 12.2 Å². The van der Waals surface area contributed by atoms with Crippen LogP contribution in [0.1, 0.15) is 24.2 Å². The van der Waals surface area contributed by atoms with E-state index in [1.807, 2.05) is 0 Å². The van der Waals surface area contributed by atoms with Crippen molar-refractivity contribution in [2.45, 2.75) is 44.5 Å². The summed E-state index contributed by atoms with van der Waals surface area (Å²) >= 11 is 0. The molecule has 0 bridgehead atoms. The highest BCUT2D eigenvalue weighted by molar-refractivity contribution is 5.94. The van der Waals surface area contributed by atoms with Crippen molar-refractivity contribution in [2.24, 2.45) is 0 Å². The van der Waals surface area contributed by atoms with Crippen LogP contribution in [-0.2, 0) is 9.53 Å². The van der Waals surface area contributed by atoms with Crippen molar-refractivity contribution in [3.63, 3.8) is 0 Å². The summed E-state index contributed by atoms with van der Waals surface area (Å²) < 4.78 is 11.1. The van der Waals surface area contributed by atoms with Crippen LogP contribution >= 0.6 is 0 Å². The quantitative estimate of drug-likeness (QED) is 0.518. The molecule has 1 aliphatic heterocycles. The minimum atomic E-state index is -1.37. The molecule has 1 saturated heterocycles. The number of rotatable bonds is 5. The van der Waals surface area contributed by atoms with E-state index in [4.69, 9.17) is 9.47 Å². The number of carbonyl (C=O) groups excluding carboxylic acids is 2. The number of ketones is 1. The Hall–Kier alpha value is -2.00. The van der Waals surface area contributed by atoms with Crippen molar-refractivity contribution in [1.29, 1.82) is 0 Å². The normalized spacial score (nSPS) is 29.8. The zero-order valence-electron chi connectivity index (χ0n) is 13.4. The van der Waals surface area contributed by atoms with Gasteiger partial charge in [-0.3, -0.25) is 9.59 Å². The summed E-state index contributed by atoms with van der Waals surface area (Å²) in [6.07, 6.45) is -4.91. The third kappa shape index (κ3) is 4.09. The van der Waals surface area contributed by atoms with Crippen LogP contribution in [0.2, 0.25) is 0 Å². The maximum Gasteiger partial charge on any atom is 0.223 e. The van der Waals surface area contributed by atoms with Gasteiger partial charge in [-0.2, -0.15) is 0 Å². The topological polar surface area (TPSA) is 125 Å². The van der Waals surface area contributed by atoms with Crippen LogP contribution < -0.4 is 10.1 Å². The van der Waals surface area contributed by atoms with Gasteiger partial charge in [-0.1, -0.05) is 0 Å². The van der Waals surface area contributed by atoms with E-state index in [1.165, 1.54) is 13.8 Å². The summed E-state index contributed by atoms with van der Waals surface area (Å²) in [5.41, 5.74) is 0.508. The maximum atomic E-state index is 11.3. The molecule has 0 saturated carbocycles. The van der Waals surface area contributed by atoms with E-state index in [0.29, 0.717) is 11.3 Å². The Kier molecular flexibility index (Phi) is 5.89. The molecule has 1 fully saturated rings. The monoisotopic (exact) mass is 339 g/mol. The van der Waals surface area contributed by atoms with Crippen molar-refractivity contribution >= 4 is 11.7 Å². The molecule has 1 aromatic carbocycles. The molecule has 5 atom stereocenters. The Morgan fingerprint density at radius 1 is 1.17 bits per heavy atom. The van der Waals surface area contributed by atoms with Gasteiger partial charge >= 0.3 is 0 Å². The van der Waals surface area contributed by atoms with E-state index in [9.17, 15) is 24.9 Å². The summed E-state index contributed by atoms with van der Waals surface area (Å²) in [6.45, 7) is 2.18. The minimum Gasteiger partial charge on any atom is -0.463 e. The number of amides is 1. The second-order valence-electron chi connectivity index (χ2n) is 5.63. The second kappa shape index (κ2) is 7.71. The highest BCUT2D eigenvalue weighted by Crippen LogP contribution is 2.24. The molecule has 1 amide bonds. The molecule has 1 heterocycles. The van der Waals surface area contributed by atoms with Gasteiger partial charge in [-0.05, 0) is 31.2 Å². The lowest BCUT2D eigenvalue weighted by Crippen LogP contribution is -2.65. The number of hydrogen-bond donors (Lipinski definition) is 4. The average Bonchev–Trinajstić information content (AvgIpc) is 2.54. The van der Waals surface area contributed by atoms with Gasteiger partial charge in [-0.25, -0.2) is 0 Å². The number of hydrogen-bond acceptors (Lipinski definition) is 7. The minimum absolute atomic E-state index is 0.0921. The van der Waals surface area contributed by atoms with Crippen LogP contribution in [0.15, 0.2) is 24.3 Å². The van der Waals surface area contributed by atoms with E-state index in [0.717, 1.165) is 0 Å². The predicted molar refractivity (Wildman–Crippen MR) is 82.4 cm³/mol. The number of nitrogens with one attached hydrogen (secondary N) is 1. The molecule has 2 rings (SSSR count). The Bertz CT molecular complexity index is 589. The lowest BCUT2D eigenvalue weighted by atomic mass is 9.97. The van der Waals surface area contributed by atoms with Crippen molar-refractivity contribution in [1.82, 2.24) is 5.32 Å². The van der Waals surface area contributed by atoms with Crippen molar-refractivity contribution < 1.29 is 34.4 Å². The molecule has 24 heavy (non-hydrogen) atoms. The first-order chi connectivity index (χ1) is 11.3. The number of Topliss-reactive ketones (excluding diaryl/α,β-unsaturated/α-hetero) is 1. The number of carbonyl (C=O) groups is 2. The molecule has 0 radical (unpaired) electrons. The van der Waals surface area contributed by atoms with E-state index in [1.54, 1.807) is 24.3 Å². The number of benzene rings is 1. The van der Waals surface area contributed by atoms with E-state index in [-0.39, 0.29) is 5.78 Å². The molecule has 1 aliphatic rings. The molecular formula is C16H21NO7. The molecule has 4 N–H and O–H groups in total. The summed E-state index contributed by atoms with van der Waals surface area (Å²) in [7, 11) is 0. The zero-order chi connectivity index (χ0) is 17.9. The molecular weight excluding hydrogens is 318 g/mol. The fourth-order valence-electron chi connectivity index (χ4n) is 2.47. The maximum absolute atomic E-state index is 11.3. The summed E-state index contributed by atoms with van der Waals surface area (Å²) in [5.74, 6) is -0.177. The molecule has 132 valence electrons. The lowest BCUT2D eigenvalue weighted by molar-refractivity contribution is -0.244. The second-order valence-corrected chi connectivity index (χ2v) is 5.63. The summed E-state index contributed by atoms with van der Waals surface area (Å²) in [5, 5.41) is 31.8. The van der Waals surface area contributed by atoms with E-state index in [2.05, 4.69) is 5.32 Å². The SMILES string of the molecule is CC(=O)N[C@@H]1[C@H](Oc2ccc(C(C)=O)cc2)O[C@H](CO)[C@H](O)[C@H]1O. The van der Waals surface area contributed by atoms with Crippen LogP contribution in [0.3, 0.4) is 0 Å². The molecule has 8 nitrogen and oxygen atoms in total. The standard InChI is InChI=1S/C16H21NO7/c1-8(19)10-3-5-11(6-4-10)23-16-13(17-9(2)20)15(22)14(21)12(7-18)24-16/h3-6,12-16,18,21-22H,7H2,1-2H3,(H,17,20)/t12-,13+,14+,15+,16-/m1/s1. The van der Waals surface area contributed by atoms with Crippen molar-refractivity contribution in [3.8, 4) is 5.75 Å². The Morgan fingerprint density at radius 3 is 2.29 bits per heavy atom. The average molecular weight is 339 g/mol. The van der Waals surface area contributed by atoms with Crippen molar-refractivity contribution in [3.05, 3.63) is 29.8 Å². The fraction of sp³-hybridized carbons (Fsp3) is 0.500. The predicted octanol–water partition coefficient (Wildman–Crippen LogP) is -0.788. The molecule has 0 aromatic heterocycles. The van der Waals surface area contributed by atoms with Gasteiger partial charge in [-0.15, -0.1) is 0 Å². The number of aliphatic hydroxyl groups excluding tert-OH is 3. The first kappa shape index (κ1) is 18.3. The van der Waals surface area contributed by atoms with Gasteiger partial charge in [0.1, 0.15) is 30.1 Å². The molecule has 0 aliphatic carbocycles. The van der Waals surface area contributed by atoms with Gasteiger partial charge in [0.15, 0.2) is 5.78 Å². The largest absolute Gasteiger partial charge is 0.463 e. The van der Waals surface area contributed by atoms with Gasteiger partial charge in [0, 0.05) is 12.5 Å². The number of ether oxygens (including phenoxy) is 2. The van der Waals surface area contributed by atoms with Crippen LogP contribution in [-0.4, -0.2) is 64.3 Å². The smallest absolute Gasteiger partial charge is 0.223 e.